The number of amides is 1. The highest BCUT2D eigenvalue weighted by Gasteiger charge is 2.28. The number of rotatable bonds is 8. The van der Waals surface area contributed by atoms with Crippen LogP contribution in [0.15, 0.2) is 18.3 Å². The maximum absolute atomic E-state index is 11.9. The van der Waals surface area contributed by atoms with Crippen molar-refractivity contribution in [3.63, 3.8) is 0 Å². The molecule has 1 aromatic heterocycles. The number of carboxylic acid groups (broad SMARTS) is 1. The van der Waals surface area contributed by atoms with Crippen LogP contribution in [0.4, 0.5) is 13.2 Å². The van der Waals surface area contributed by atoms with Gasteiger partial charge >= 0.3 is 12.1 Å². The first kappa shape index (κ1) is 17.7. The number of unbranched alkanes of at least 4 members (excludes halogenated alkanes) is 1. The number of aliphatic carboxylic acids is 1. The highest BCUT2D eigenvalue weighted by atomic mass is 19.4. The minimum atomic E-state index is -4.45. The van der Waals surface area contributed by atoms with Gasteiger partial charge < -0.3 is 15.2 Å². The van der Waals surface area contributed by atoms with Gasteiger partial charge in [0.05, 0.1) is 5.56 Å². The molecule has 0 aromatic carbocycles. The number of carbonyl (C=O) groups is 2. The van der Waals surface area contributed by atoms with Crippen molar-refractivity contribution < 1.29 is 32.6 Å². The van der Waals surface area contributed by atoms with Crippen molar-refractivity contribution in [3.05, 3.63) is 23.9 Å². The fourth-order valence-corrected chi connectivity index (χ4v) is 1.46. The van der Waals surface area contributed by atoms with E-state index >= 15 is 0 Å². The van der Waals surface area contributed by atoms with E-state index in [0.29, 0.717) is 19.4 Å². The summed E-state index contributed by atoms with van der Waals surface area (Å²) in [7, 11) is 0. The second-order valence-electron chi connectivity index (χ2n) is 4.40. The molecular weight excluding hydrogens is 305 g/mol. The Morgan fingerprint density at radius 3 is 2.55 bits per heavy atom. The van der Waals surface area contributed by atoms with Gasteiger partial charge in [-0.25, -0.2) is 4.98 Å². The van der Waals surface area contributed by atoms with Crippen LogP contribution >= 0.6 is 0 Å². The molecule has 2 N–H and O–H groups in total. The van der Waals surface area contributed by atoms with Gasteiger partial charge in [0.1, 0.15) is 0 Å². The van der Waals surface area contributed by atoms with E-state index in [-0.39, 0.29) is 17.9 Å². The third-order valence-corrected chi connectivity index (χ3v) is 2.49. The van der Waals surface area contributed by atoms with E-state index in [9.17, 15) is 22.8 Å². The van der Waals surface area contributed by atoms with Crippen LogP contribution in [0.1, 0.15) is 29.6 Å². The van der Waals surface area contributed by atoms with Gasteiger partial charge in [0.15, 0.2) is 6.61 Å². The van der Waals surface area contributed by atoms with Crippen LogP contribution in [-0.2, 0) is 4.79 Å². The van der Waals surface area contributed by atoms with Crippen LogP contribution < -0.4 is 10.1 Å². The highest BCUT2D eigenvalue weighted by molar-refractivity contribution is 5.93. The Bertz CT molecular complexity index is 503. The molecule has 0 bridgehead atoms. The first-order valence-corrected chi connectivity index (χ1v) is 6.43. The summed E-state index contributed by atoms with van der Waals surface area (Å²) in [6, 6.07) is 2.47. The number of aromatic nitrogens is 1. The van der Waals surface area contributed by atoms with Crippen molar-refractivity contribution in [2.75, 3.05) is 13.2 Å². The molecule has 1 heterocycles. The topological polar surface area (TPSA) is 88.5 Å². The van der Waals surface area contributed by atoms with Crippen LogP contribution in [0.5, 0.6) is 5.88 Å². The molecule has 0 fully saturated rings. The van der Waals surface area contributed by atoms with Crippen molar-refractivity contribution in [2.24, 2.45) is 0 Å². The van der Waals surface area contributed by atoms with Crippen LogP contribution in [0.2, 0.25) is 0 Å². The van der Waals surface area contributed by atoms with Crippen molar-refractivity contribution in [1.29, 1.82) is 0 Å². The number of nitrogens with one attached hydrogen (secondary N) is 1. The van der Waals surface area contributed by atoms with Gasteiger partial charge in [0.25, 0.3) is 5.91 Å². The number of alkyl halides is 3. The lowest BCUT2D eigenvalue weighted by Crippen LogP contribution is -2.24. The summed E-state index contributed by atoms with van der Waals surface area (Å²) < 4.78 is 40.3. The van der Waals surface area contributed by atoms with E-state index in [1.54, 1.807) is 0 Å². The second-order valence-corrected chi connectivity index (χ2v) is 4.40. The molecule has 0 atom stereocenters. The lowest BCUT2D eigenvalue weighted by molar-refractivity contribution is -0.154. The lowest BCUT2D eigenvalue weighted by Gasteiger charge is -2.08. The summed E-state index contributed by atoms with van der Waals surface area (Å²) in [5.41, 5.74) is 0.178. The summed E-state index contributed by atoms with van der Waals surface area (Å²) in [6.45, 7) is -1.15. The van der Waals surface area contributed by atoms with Crippen LogP contribution in [0, 0.1) is 0 Å². The molecule has 1 rings (SSSR count). The zero-order valence-electron chi connectivity index (χ0n) is 11.5. The van der Waals surface area contributed by atoms with Gasteiger partial charge in [0, 0.05) is 25.2 Å². The fraction of sp³-hybridized carbons (Fsp3) is 0.462. The standard InChI is InChI=1S/C13H15F3N2O4/c14-13(15,16)8-22-10-5-4-9(7-18-10)12(21)17-6-2-1-3-11(19)20/h4-5,7H,1-3,6,8H2,(H,17,21)(H,19,20). The largest absolute Gasteiger partial charge is 0.481 e. The van der Waals surface area contributed by atoms with Gasteiger partial charge in [-0.3, -0.25) is 9.59 Å². The van der Waals surface area contributed by atoms with Crippen LogP contribution in [0.3, 0.4) is 0 Å². The van der Waals surface area contributed by atoms with E-state index in [0.717, 1.165) is 6.20 Å². The Hall–Kier alpha value is -2.32. The maximum Gasteiger partial charge on any atom is 0.422 e. The molecule has 0 saturated carbocycles. The number of carbonyl (C=O) groups excluding carboxylic acids is 1. The molecule has 0 unspecified atom stereocenters. The molecule has 0 saturated heterocycles. The number of halogens is 3. The van der Waals surface area contributed by atoms with Gasteiger partial charge in [-0.1, -0.05) is 0 Å². The molecule has 9 heteroatoms. The zero-order chi connectivity index (χ0) is 16.6. The Balaban J connectivity index is 2.36. The number of hydrogen-bond acceptors (Lipinski definition) is 4. The predicted molar refractivity (Wildman–Crippen MR) is 69.6 cm³/mol. The molecule has 122 valence electrons. The second kappa shape index (κ2) is 8.20. The van der Waals surface area contributed by atoms with E-state index in [1.165, 1.54) is 12.1 Å². The van der Waals surface area contributed by atoms with E-state index in [4.69, 9.17) is 5.11 Å². The zero-order valence-corrected chi connectivity index (χ0v) is 11.5. The van der Waals surface area contributed by atoms with Crippen molar-refractivity contribution >= 4 is 11.9 Å². The van der Waals surface area contributed by atoms with Crippen LogP contribution in [-0.4, -0.2) is 41.3 Å². The number of hydrogen-bond donors (Lipinski definition) is 2. The average molecular weight is 320 g/mol. The molecule has 22 heavy (non-hydrogen) atoms. The highest BCUT2D eigenvalue weighted by Crippen LogP contribution is 2.16. The van der Waals surface area contributed by atoms with E-state index in [2.05, 4.69) is 15.0 Å². The SMILES string of the molecule is O=C(O)CCCCNC(=O)c1ccc(OCC(F)(F)F)nc1. The van der Waals surface area contributed by atoms with Gasteiger partial charge in [0.2, 0.25) is 5.88 Å². The number of carboxylic acids is 1. The maximum atomic E-state index is 11.9. The lowest BCUT2D eigenvalue weighted by atomic mass is 10.2. The Morgan fingerprint density at radius 2 is 2.00 bits per heavy atom. The normalized spacial score (nSPS) is 11.0. The monoisotopic (exact) mass is 320 g/mol. The first-order chi connectivity index (χ1) is 10.3. The molecule has 6 nitrogen and oxygen atoms in total. The van der Waals surface area contributed by atoms with Gasteiger partial charge in [-0.05, 0) is 18.9 Å². The van der Waals surface area contributed by atoms with E-state index < -0.39 is 24.7 Å². The van der Waals surface area contributed by atoms with Gasteiger partial charge in [-0.2, -0.15) is 13.2 Å². The Kier molecular flexibility index (Phi) is 6.61. The molecule has 0 aliphatic heterocycles. The Morgan fingerprint density at radius 1 is 1.27 bits per heavy atom. The minimum absolute atomic E-state index is 0.0304. The molecule has 0 spiro atoms. The summed E-state index contributed by atoms with van der Waals surface area (Å²) >= 11 is 0. The quantitative estimate of drug-likeness (QED) is 0.715. The van der Waals surface area contributed by atoms with E-state index in [1.807, 2.05) is 0 Å². The average Bonchev–Trinajstić information content (AvgIpc) is 2.44. The fourth-order valence-electron chi connectivity index (χ4n) is 1.46. The van der Waals surface area contributed by atoms with Gasteiger partial charge in [-0.15, -0.1) is 0 Å². The number of pyridine rings is 1. The molecule has 0 radical (unpaired) electrons. The summed E-state index contributed by atoms with van der Waals surface area (Å²) in [5.74, 6) is -1.56. The third kappa shape index (κ3) is 7.46. The number of ether oxygens (including phenoxy) is 1. The summed E-state index contributed by atoms with van der Waals surface area (Å²) in [5, 5.41) is 11.0. The van der Waals surface area contributed by atoms with Crippen molar-refractivity contribution in [2.45, 2.75) is 25.4 Å². The van der Waals surface area contributed by atoms with Crippen molar-refractivity contribution in [3.8, 4) is 5.88 Å². The molecule has 1 amide bonds. The number of nitrogens with zero attached hydrogens (tertiary/aromatic N) is 1. The predicted octanol–water partition coefficient (Wildman–Crippen LogP) is 2.01. The molecular formula is C13H15F3N2O4. The first-order valence-electron chi connectivity index (χ1n) is 6.43. The van der Waals surface area contributed by atoms with Crippen molar-refractivity contribution in [1.82, 2.24) is 10.3 Å². The summed E-state index contributed by atoms with van der Waals surface area (Å²) in [4.78, 5) is 25.6. The third-order valence-electron chi connectivity index (χ3n) is 2.49. The van der Waals surface area contributed by atoms with Crippen LogP contribution in [0.25, 0.3) is 0 Å². The minimum Gasteiger partial charge on any atom is -0.481 e. The summed E-state index contributed by atoms with van der Waals surface area (Å²) in [6.07, 6.45) is -2.36. The molecule has 0 aliphatic carbocycles. The molecule has 0 aliphatic rings. The smallest absolute Gasteiger partial charge is 0.422 e. The molecule has 1 aromatic rings. The Labute approximate surface area is 124 Å².